The first-order chi connectivity index (χ1) is 12.9. The highest BCUT2D eigenvalue weighted by Crippen LogP contribution is 2.35. The van der Waals surface area contributed by atoms with Gasteiger partial charge in [-0.05, 0) is 19.8 Å². The average Bonchev–Trinajstić information content (AvgIpc) is 2.60. The van der Waals surface area contributed by atoms with Gasteiger partial charge in [-0.1, -0.05) is 20.8 Å². The lowest BCUT2D eigenvalue weighted by Crippen LogP contribution is -2.38. The van der Waals surface area contributed by atoms with E-state index in [0.717, 1.165) is 0 Å². The number of Topliss-reactive ketones (excluding diaryl/α,β-unsaturated/α-hetero) is 3. The van der Waals surface area contributed by atoms with Crippen molar-refractivity contribution in [2.75, 3.05) is 6.61 Å². The molecule has 0 aliphatic heterocycles. The van der Waals surface area contributed by atoms with Crippen molar-refractivity contribution in [1.29, 1.82) is 0 Å². The van der Waals surface area contributed by atoms with E-state index >= 15 is 0 Å². The molecule has 0 aromatic rings. The van der Waals surface area contributed by atoms with Gasteiger partial charge in [0.25, 0.3) is 0 Å². The second-order valence-electron chi connectivity index (χ2n) is 7.18. The lowest BCUT2D eigenvalue weighted by Gasteiger charge is -2.33. The van der Waals surface area contributed by atoms with Crippen molar-refractivity contribution in [2.24, 2.45) is 17.3 Å². The summed E-state index contributed by atoms with van der Waals surface area (Å²) in [5.74, 6) is -7.98. The minimum atomic E-state index is -1.42. The fourth-order valence-electron chi connectivity index (χ4n) is 2.87. The Balaban J connectivity index is 5.71. The number of ether oxygens (including phenoxy) is 1. The summed E-state index contributed by atoms with van der Waals surface area (Å²) >= 11 is 0. The van der Waals surface area contributed by atoms with Crippen LogP contribution in [0.4, 0.5) is 0 Å². The van der Waals surface area contributed by atoms with Crippen LogP contribution in [-0.4, -0.2) is 52.1 Å². The van der Waals surface area contributed by atoms with Gasteiger partial charge in [0.1, 0.15) is 35.6 Å². The summed E-state index contributed by atoms with van der Waals surface area (Å²) in [6, 6.07) is 0. The zero-order valence-corrected chi connectivity index (χ0v) is 16.6. The Morgan fingerprint density at radius 1 is 0.857 bits per heavy atom. The van der Waals surface area contributed by atoms with Crippen molar-refractivity contribution >= 4 is 35.3 Å². The van der Waals surface area contributed by atoms with Crippen LogP contribution in [0.15, 0.2) is 0 Å². The first-order valence-corrected chi connectivity index (χ1v) is 9.03. The van der Waals surface area contributed by atoms with Crippen molar-refractivity contribution in [3.8, 4) is 0 Å². The largest absolute Gasteiger partial charge is 0.481 e. The Hall–Kier alpha value is -2.58. The van der Waals surface area contributed by atoms with Gasteiger partial charge < -0.3 is 14.9 Å². The van der Waals surface area contributed by atoms with Crippen LogP contribution in [0.3, 0.4) is 0 Å². The lowest BCUT2D eigenvalue weighted by molar-refractivity contribution is -0.152. The highest BCUT2D eigenvalue weighted by molar-refractivity contribution is 5.99. The summed E-state index contributed by atoms with van der Waals surface area (Å²) in [6.45, 7) is 5.25. The molecule has 9 heteroatoms. The monoisotopic (exact) mass is 400 g/mol. The molecule has 0 aliphatic carbocycles. The SMILES string of the molecule is CCC(=O)C(CC(C)(COC(=O)CC(C)=O)CC(C(=O)O)C(=O)CC)C(=O)O. The zero-order chi connectivity index (χ0) is 22.1. The van der Waals surface area contributed by atoms with Crippen molar-refractivity contribution < 1.29 is 43.7 Å². The summed E-state index contributed by atoms with van der Waals surface area (Å²) in [6.07, 6.45) is -1.16. The van der Waals surface area contributed by atoms with Gasteiger partial charge in [0.15, 0.2) is 0 Å². The molecule has 9 nitrogen and oxygen atoms in total. The third kappa shape index (κ3) is 8.41. The average molecular weight is 400 g/mol. The second kappa shape index (κ2) is 11.3. The van der Waals surface area contributed by atoms with E-state index in [1.807, 2.05) is 0 Å². The van der Waals surface area contributed by atoms with Crippen molar-refractivity contribution in [1.82, 2.24) is 0 Å². The molecule has 0 aliphatic rings. The van der Waals surface area contributed by atoms with Crippen LogP contribution in [0.1, 0.15) is 59.8 Å². The predicted octanol–water partition coefficient (Wildman–Crippen LogP) is 1.66. The molecule has 0 amide bonds. The fourth-order valence-corrected chi connectivity index (χ4v) is 2.87. The molecule has 2 unspecified atom stereocenters. The molecule has 0 heterocycles. The molecular weight excluding hydrogens is 372 g/mol. The highest BCUT2D eigenvalue weighted by atomic mass is 16.5. The van der Waals surface area contributed by atoms with Crippen LogP contribution in [-0.2, 0) is 33.5 Å². The molecule has 0 aromatic heterocycles. The zero-order valence-electron chi connectivity index (χ0n) is 16.6. The smallest absolute Gasteiger partial charge is 0.314 e. The topological polar surface area (TPSA) is 152 Å². The number of esters is 1. The van der Waals surface area contributed by atoms with Crippen LogP contribution in [0.5, 0.6) is 0 Å². The molecule has 0 fully saturated rings. The van der Waals surface area contributed by atoms with Gasteiger partial charge >= 0.3 is 17.9 Å². The number of aliphatic carboxylic acids is 2. The standard InChI is InChI=1S/C19H28O9/c1-5-14(21)12(17(24)25)8-19(4,10-28-16(23)7-11(3)20)9-13(18(26)27)15(22)6-2/h12-13H,5-10H2,1-4H3,(H,24,25)(H,26,27). The summed E-state index contributed by atoms with van der Waals surface area (Å²) in [7, 11) is 0. The normalized spacial score (nSPS) is 15.0. The van der Waals surface area contributed by atoms with Gasteiger partial charge in [-0.15, -0.1) is 0 Å². The Labute approximate surface area is 163 Å². The van der Waals surface area contributed by atoms with Gasteiger partial charge in [0.05, 0.1) is 6.61 Å². The molecular formula is C19H28O9. The fraction of sp³-hybridized carbons (Fsp3) is 0.684. The number of hydrogen-bond donors (Lipinski definition) is 2. The minimum absolute atomic E-state index is 0.0343. The maximum absolute atomic E-state index is 12.0. The molecule has 0 aromatic carbocycles. The van der Waals surface area contributed by atoms with Crippen LogP contribution in [0.2, 0.25) is 0 Å². The van der Waals surface area contributed by atoms with Gasteiger partial charge in [-0.3, -0.25) is 28.8 Å². The maximum Gasteiger partial charge on any atom is 0.314 e. The highest BCUT2D eigenvalue weighted by Gasteiger charge is 2.41. The Bertz CT molecular complexity index is 599. The molecule has 0 rings (SSSR count). The van der Waals surface area contributed by atoms with E-state index in [1.165, 1.54) is 27.7 Å². The number of hydrogen-bond acceptors (Lipinski definition) is 7. The van der Waals surface area contributed by atoms with E-state index in [0.29, 0.717) is 0 Å². The Morgan fingerprint density at radius 3 is 1.54 bits per heavy atom. The first kappa shape index (κ1) is 25.4. The molecule has 0 saturated carbocycles. The molecule has 2 atom stereocenters. The molecule has 0 radical (unpaired) electrons. The molecule has 0 spiro atoms. The number of ketones is 3. The first-order valence-electron chi connectivity index (χ1n) is 9.03. The van der Waals surface area contributed by atoms with Crippen LogP contribution >= 0.6 is 0 Å². The molecule has 158 valence electrons. The molecule has 2 N–H and O–H groups in total. The third-order valence-electron chi connectivity index (χ3n) is 4.44. The Kier molecular flexibility index (Phi) is 10.3. The predicted molar refractivity (Wildman–Crippen MR) is 96.4 cm³/mol. The van der Waals surface area contributed by atoms with Crippen molar-refractivity contribution in [3.63, 3.8) is 0 Å². The van der Waals surface area contributed by atoms with E-state index in [2.05, 4.69) is 0 Å². The molecule has 0 bridgehead atoms. The van der Waals surface area contributed by atoms with Crippen LogP contribution in [0, 0.1) is 17.3 Å². The lowest BCUT2D eigenvalue weighted by atomic mass is 9.73. The minimum Gasteiger partial charge on any atom is -0.481 e. The van der Waals surface area contributed by atoms with Gasteiger partial charge in [0, 0.05) is 18.3 Å². The number of rotatable bonds is 14. The van der Waals surface area contributed by atoms with Gasteiger partial charge in [-0.2, -0.15) is 0 Å². The van der Waals surface area contributed by atoms with E-state index < -0.39 is 65.5 Å². The number of carboxylic acids is 2. The van der Waals surface area contributed by atoms with Crippen molar-refractivity contribution in [2.45, 2.75) is 59.8 Å². The second-order valence-corrected chi connectivity index (χ2v) is 7.18. The molecule has 28 heavy (non-hydrogen) atoms. The van der Waals surface area contributed by atoms with Crippen molar-refractivity contribution in [3.05, 3.63) is 0 Å². The van der Waals surface area contributed by atoms with Gasteiger partial charge in [-0.25, -0.2) is 0 Å². The van der Waals surface area contributed by atoms with Gasteiger partial charge in [0.2, 0.25) is 0 Å². The quantitative estimate of drug-likeness (QED) is 0.327. The van der Waals surface area contributed by atoms with E-state index in [4.69, 9.17) is 4.74 Å². The van der Waals surface area contributed by atoms with E-state index in [-0.39, 0.29) is 25.7 Å². The summed E-state index contributed by atoms with van der Waals surface area (Å²) in [4.78, 5) is 69.8. The summed E-state index contributed by atoms with van der Waals surface area (Å²) < 4.78 is 5.04. The number of carbonyl (C=O) groups excluding carboxylic acids is 4. The summed E-state index contributed by atoms with van der Waals surface area (Å²) in [5.41, 5.74) is -1.27. The van der Waals surface area contributed by atoms with E-state index in [1.54, 1.807) is 0 Å². The van der Waals surface area contributed by atoms with Crippen LogP contribution < -0.4 is 0 Å². The number of carboxylic acid groups (broad SMARTS) is 2. The third-order valence-corrected chi connectivity index (χ3v) is 4.44. The maximum atomic E-state index is 12.0. The van der Waals surface area contributed by atoms with Crippen LogP contribution in [0.25, 0.3) is 0 Å². The number of carbonyl (C=O) groups is 6. The summed E-state index contributed by atoms with van der Waals surface area (Å²) in [5, 5.41) is 18.8. The Morgan fingerprint density at radius 2 is 1.25 bits per heavy atom. The van der Waals surface area contributed by atoms with E-state index in [9.17, 15) is 39.0 Å². The molecule has 0 saturated heterocycles.